The third-order valence-corrected chi connectivity index (χ3v) is 9.68. The Morgan fingerprint density at radius 1 is 0.886 bits per heavy atom. The topological polar surface area (TPSA) is 90.8 Å². The Bertz CT molecular complexity index is 1710. The quantitative estimate of drug-likeness (QED) is 0.311. The fraction of sp³-hybridized carbons (Fsp3) is 0.324. The van der Waals surface area contributed by atoms with E-state index < -0.39 is 10.8 Å². The molecule has 1 aromatic heterocycles. The van der Waals surface area contributed by atoms with E-state index in [1.807, 2.05) is 89.7 Å². The number of aryl methyl sites for hydroxylation is 1. The van der Waals surface area contributed by atoms with E-state index in [-0.39, 0.29) is 17.3 Å². The number of para-hydroxylation sites is 1. The zero-order valence-corrected chi connectivity index (χ0v) is 26.1. The standard InChI is InChI=1S/C34H38N6O3S/c1-25-29(12-9-13-30(25)36-33(41)26-14-16-27(17-15-26)38-18-7-4-8-19-38)31-24-37(2)34(42)32(35-31)40(28-10-5-3-6-11-28)39-20-22-44(43)23-21-39/h3,5-6,9-17,24H,4,7-8,18-23H2,1-2H3,(H,36,41). The minimum absolute atomic E-state index is 0.178. The van der Waals surface area contributed by atoms with E-state index in [9.17, 15) is 13.8 Å². The summed E-state index contributed by atoms with van der Waals surface area (Å²) in [5, 5.41) is 6.99. The fourth-order valence-corrected chi connectivity index (χ4v) is 6.93. The third kappa shape index (κ3) is 6.32. The average Bonchev–Trinajstić information content (AvgIpc) is 3.06. The third-order valence-electron chi connectivity index (χ3n) is 8.40. The van der Waals surface area contributed by atoms with Crippen molar-refractivity contribution in [1.29, 1.82) is 0 Å². The van der Waals surface area contributed by atoms with Crippen LogP contribution in [0.1, 0.15) is 35.2 Å². The monoisotopic (exact) mass is 610 g/mol. The molecule has 2 fully saturated rings. The lowest BCUT2D eigenvalue weighted by atomic mass is 10.0. The fourth-order valence-electron chi connectivity index (χ4n) is 5.89. The van der Waals surface area contributed by atoms with Crippen LogP contribution in [-0.4, -0.2) is 62.4 Å². The van der Waals surface area contributed by atoms with Crippen LogP contribution in [-0.2, 0) is 17.8 Å². The van der Waals surface area contributed by atoms with Gasteiger partial charge in [0.25, 0.3) is 11.5 Å². The van der Waals surface area contributed by atoms with Crippen molar-refractivity contribution in [1.82, 2.24) is 14.6 Å². The number of carbonyl (C=O) groups excluding carboxylic acids is 1. The Hall–Kier alpha value is -4.28. The summed E-state index contributed by atoms with van der Waals surface area (Å²) in [7, 11) is 0.852. The maximum absolute atomic E-state index is 13.6. The van der Waals surface area contributed by atoms with Gasteiger partial charge in [-0.25, -0.2) is 9.99 Å². The van der Waals surface area contributed by atoms with Crippen molar-refractivity contribution in [3.63, 3.8) is 0 Å². The Morgan fingerprint density at radius 3 is 2.30 bits per heavy atom. The second-order valence-corrected chi connectivity index (χ2v) is 13.0. The molecule has 6 rings (SSSR count). The summed E-state index contributed by atoms with van der Waals surface area (Å²) >= 11 is 0. The summed E-state index contributed by atoms with van der Waals surface area (Å²) in [6, 6.07) is 23.2. The minimum atomic E-state index is -0.870. The van der Waals surface area contributed by atoms with Crippen molar-refractivity contribution >= 4 is 39.6 Å². The zero-order chi connectivity index (χ0) is 30.6. The first-order valence-corrected chi connectivity index (χ1v) is 16.7. The van der Waals surface area contributed by atoms with E-state index in [0.717, 1.165) is 35.6 Å². The molecule has 2 aliphatic heterocycles. The van der Waals surface area contributed by atoms with Crippen LogP contribution in [0.2, 0.25) is 0 Å². The molecule has 44 heavy (non-hydrogen) atoms. The average molecular weight is 611 g/mol. The van der Waals surface area contributed by atoms with E-state index >= 15 is 0 Å². The molecule has 3 aromatic carbocycles. The molecule has 0 atom stereocenters. The van der Waals surface area contributed by atoms with E-state index in [4.69, 9.17) is 4.98 Å². The summed E-state index contributed by atoms with van der Waals surface area (Å²) in [6.07, 6.45) is 5.41. The summed E-state index contributed by atoms with van der Waals surface area (Å²) in [5.41, 5.74) is 5.28. The molecule has 2 saturated heterocycles. The van der Waals surface area contributed by atoms with Gasteiger partial charge in [0, 0.05) is 84.2 Å². The van der Waals surface area contributed by atoms with Gasteiger partial charge in [-0.1, -0.05) is 30.3 Å². The molecule has 10 heteroatoms. The van der Waals surface area contributed by atoms with Gasteiger partial charge in [-0.05, 0) is 74.2 Å². The maximum Gasteiger partial charge on any atom is 0.295 e. The van der Waals surface area contributed by atoms with Crippen LogP contribution in [0, 0.1) is 6.92 Å². The van der Waals surface area contributed by atoms with Crippen LogP contribution >= 0.6 is 0 Å². The highest BCUT2D eigenvalue weighted by Crippen LogP contribution is 2.31. The molecule has 1 N–H and O–H groups in total. The molecule has 0 radical (unpaired) electrons. The molecule has 3 heterocycles. The molecule has 2 aliphatic rings. The van der Waals surface area contributed by atoms with E-state index in [2.05, 4.69) is 10.2 Å². The number of nitrogens with one attached hydrogen (secondary N) is 1. The predicted molar refractivity (Wildman–Crippen MR) is 178 cm³/mol. The van der Waals surface area contributed by atoms with Crippen LogP contribution in [0.15, 0.2) is 83.8 Å². The van der Waals surface area contributed by atoms with Crippen LogP contribution in [0.5, 0.6) is 0 Å². The molecule has 0 aliphatic carbocycles. The number of amides is 1. The smallest absolute Gasteiger partial charge is 0.295 e. The van der Waals surface area contributed by atoms with E-state index in [0.29, 0.717) is 41.5 Å². The van der Waals surface area contributed by atoms with Crippen molar-refractivity contribution in [3.8, 4) is 11.3 Å². The lowest BCUT2D eigenvalue weighted by Gasteiger charge is -2.37. The second-order valence-electron chi connectivity index (χ2n) is 11.3. The van der Waals surface area contributed by atoms with Gasteiger partial charge in [0.05, 0.1) is 11.4 Å². The van der Waals surface area contributed by atoms with E-state index in [1.54, 1.807) is 17.8 Å². The number of piperidine rings is 1. The first-order chi connectivity index (χ1) is 21.4. The second kappa shape index (κ2) is 13.2. The maximum atomic E-state index is 13.6. The summed E-state index contributed by atoms with van der Waals surface area (Å²) < 4.78 is 13.7. The highest BCUT2D eigenvalue weighted by atomic mass is 32.2. The van der Waals surface area contributed by atoms with Gasteiger partial charge in [-0.3, -0.25) is 18.8 Å². The Kier molecular flexibility index (Phi) is 8.90. The first-order valence-electron chi connectivity index (χ1n) is 15.2. The number of benzene rings is 3. The van der Waals surface area contributed by atoms with Crippen molar-refractivity contribution in [3.05, 3.63) is 100 Å². The predicted octanol–water partition coefficient (Wildman–Crippen LogP) is 5.12. The van der Waals surface area contributed by atoms with Gasteiger partial charge in [-0.2, -0.15) is 0 Å². The molecular formula is C34H38N6O3S. The Labute approximate surface area is 260 Å². The highest BCUT2D eigenvalue weighted by Gasteiger charge is 2.27. The zero-order valence-electron chi connectivity index (χ0n) is 25.2. The van der Waals surface area contributed by atoms with Crippen molar-refractivity contribution in [2.75, 3.05) is 52.9 Å². The van der Waals surface area contributed by atoms with Gasteiger partial charge < -0.3 is 14.8 Å². The molecule has 4 aromatic rings. The number of aromatic nitrogens is 2. The van der Waals surface area contributed by atoms with Crippen molar-refractivity contribution in [2.24, 2.45) is 7.05 Å². The van der Waals surface area contributed by atoms with Gasteiger partial charge in [-0.15, -0.1) is 0 Å². The molecule has 1 amide bonds. The van der Waals surface area contributed by atoms with Gasteiger partial charge in [0.15, 0.2) is 0 Å². The SMILES string of the molecule is Cc1c(NC(=O)c2ccc(N3CCCCC3)cc2)cccc1-c1cn(C)c(=O)c(N(c2ccccc2)N2CCS(=O)CC2)n1. The minimum Gasteiger partial charge on any atom is -0.372 e. The first kappa shape index (κ1) is 29.8. The number of nitrogens with zero attached hydrogens (tertiary/aromatic N) is 5. The number of anilines is 4. The number of hydrogen-bond acceptors (Lipinski definition) is 7. The number of carbonyl (C=O) groups is 1. The molecule has 0 spiro atoms. The van der Waals surface area contributed by atoms with Crippen LogP contribution in [0.4, 0.5) is 22.9 Å². The van der Waals surface area contributed by atoms with Crippen molar-refractivity contribution in [2.45, 2.75) is 26.2 Å². The molecule has 228 valence electrons. The number of hydrogen-bond donors (Lipinski definition) is 1. The van der Waals surface area contributed by atoms with Crippen molar-refractivity contribution < 1.29 is 9.00 Å². The van der Waals surface area contributed by atoms with Gasteiger partial charge in [0.2, 0.25) is 5.82 Å². The summed E-state index contributed by atoms with van der Waals surface area (Å²) in [4.78, 5) is 34.1. The van der Waals surface area contributed by atoms with E-state index in [1.165, 1.54) is 19.3 Å². The molecule has 0 bridgehead atoms. The van der Waals surface area contributed by atoms with Gasteiger partial charge in [0.1, 0.15) is 0 Å². The normalized spacial score (nSPS) is 16.1. The molecule has 9 nitrogen and oxygen atoms in total. The Balaban J connectivity index is 1.30. The number of hydrazine groups is 1. The lowest BCUT2D eigenvalue weighted by Crippen LogP contribution is -2.49. The molecule has 0 saturated carbocycles. The van der Waals surface area contributed by atoms with Crippen LogP contribution in [0.3, 0.4) is 0 Å². The highest BCUT2D eigenvalue weighted by molar-refractivity contribution is 7.85. The van der Waals surface area contributed by atoms with Gasteiger partial charge >= 0.3 is 0 Å². The van der Waals surface area contributed by atoms with Crippen LogP contribution < -0.4 is 20.8 Å². The molecule has 0 unspecified atom stereocenters. The lowest BCUT2D eigenvalue weighted by molar-refractivity contribution is 0.102. The van der Waals surface area contributed by atoms with Crippen LogP contribution in [0.25, 0.3) is 11.3 Å². The summed E-state index contributed by atoms with van der Waals surface area (Å²) in [5.74, 6) is 1.16. The Morgan fingerprint density at radius 2 is 1.59 bits per heavy atom. The number of rotatable bonds is 7. The molecular weight excluding hydrogens is 572 g/mol. The summed E-state index contributed by atoms with van der Waals surface area (Å²) in [6.45, 7) is 5.17. The largest absolute Gasteiger partial charge is 0.372 e.